The number of nitrogens with one attached hydrogen (secondary N) is 1. The summed E-state index contributed by atoms with van der Waals surface area (Å²) < 4.78 is 1.82. The molecule has 0 unspecified atom stereocenters. The molecule has 0 spiro atoms. The van der Waals surface area contributed by atoms with Crippen LogP contribution in [0, 0.1) is 6.92 Å². The van der Waals surface area contributed by atoms with Crippen molar-refractivity contribution in [2.45, 2.75) is 55.3 Å². The smallest absolute Gasteiger partial charge is 0.277 e. The number of benzene rings is 2. The highest BCUT2D eigenvalue weighted by molar-refractivity contribution is 7.98. The number of para-hydroxylation sites is 1. The van der Waals surface area contributed by atoms with Crippen molar-refractivity contribution in [3.8, 4) is 0 Å². The summed E-state index contributed by atoms with van der Waals surface area (Å²) in [5.41, 5.74) is 9.61. The van der Waals surface area contributed by atoms with Crippen molar-refractivity contribution in [1.29, 1.82) is 0 Å². The number of amides is 1. The van der Waals surface area contributed by atoms with E-state index >= 15 is 0 Å². The van der Waals surface area contributed by atoms with Crippen LogP contribution in [0.3, 0.4) is 0 Å². The number of rotatable bonds is 6. The summed E-state index contributed by atoms with van der Waals surface area (Å²) in [6, 6.07) is 16.9. The van der Waals surface area contributed by atoms with Crippen LogP contribution in [-0.4, -0.2) is 26.9 Å². The number of hydrogen-bond donors (Lipinski definition) is 2. The fourth-order valence-electron chi connectivity index (χ4n) is 3.65. The van der Waals surface area contributed by atoms with Crippen molar-refractivity contribution in [3.05, 3.63) is 71.5 Å². The SMILES string of the molecule is Cc1ccc(CSc2ccccc2NC(=O)c2cn(C3CCC(N)CC3)nn2)cc1. The van der Waals surface area contributed by atoms with Crippen molar-refractivity contribution in [3.63, 3.8) is 0 Å². The van der Waals surface area contributed by atoms with Gasteiger partial charge in [0, 0.05) is 16.7 Å². The fraction of sp³-hybridized carbons (Fsp3) is 0.348. The Hall–Kier alpha value is -2.64. The van der Waals surface area contributed by atoms with Gasteiger partial charge in [-0.25, -0.2) is 4.68 Å². The Kier molecular flexibility index (Phi) is 6.50. The zero-order valence-corrected chi connectivity index (χ0v) is 17.9. The molecule has 3 aromatic rings. The molecule has 0 aliphatic heterocycles. The molecule has 0 radical (unpaired) electrons. The third-order valence-corrected chi connectivity index (χ3v) is 6.65. The standard InChI is InChI=1S/C23H27N5OS/c1-16-6-8-17(9-7-16)15-30-22-5-3-2-4-20(22)25-23(29)21-14-28(27-26-21)19-12-10-18(24)11-13-19/h2-9,14,18-19H,10-13,15,24H2,1H3,(H,25,29). The molecule has 0 bridgehead atoms. The van der Waals surface area contributed by atoms with E-state index in [1.54, 1.807) is 18.0 Å². The summed E-state index contributed by atoms with van der Waals surface area (Å²) in [6.45, 7) is 2.08. The van der Waals surface area contributed by atoms with Gasteiger partial charge < -0.3 is 11.1 Å². The number of aromatic nitrogens is 3. The molecule has 1 aromatic heterocycles. The van der Waals surface area contributed by atoms with Gasteiger partial charge in [0.25, 0.3) is 5.91 Å². The average Bonchev–Trinajstić information content (AvgIpc) is 3.25. The first-order valence-electron chi connectivity index (χ1n) is 10.3. The van der Waals surface area contributed by atoms with E-state index in [2.05, 4.69) is 46.8 Å². The second-order valence-corrected chi connectivity index (χ2v) is 8.89. The van der Waals surface area contributed by atoms with Gasteiger partial charge in [0.05, 0.1) is 17.9 Å². The molecule has 0 saturated heterocycles. The van der Waals surface area contributed by atoms with E-state index in [-0.39, 0.29) is 18.0 Å². The first-order chi connectivity index (χ1) is 14.6. The van der Waals surface area contributed by atoms with Gasteiger partial charge in [0.15, 0.2) is 5.69 Å². The lowest BCUT2D eigenvalue weighted by Gasteiger charge is -2.25. The number of nitrogens with two attached hydrogens (primary N) is 1. The van der Waals surface area contributed by atoms with Gasteiger partial charge in [-0.2, -0.15) is 0 Å². The molecule has 156 valence electrons. The van der Waals surface area contributed by atoms with Crippen molar-refractivity contribution in [2.75, 3.05) is 5.32 Å². The van der Waals surface area contributed by atoms with Crippen LogP contribution in [0.1, 0.15) is 53.3 Å². The zero-order valence-electron chi connectivity index (χ0n) is 17.1. The van der Waals surface area contributed by atoms with E-state index in [1.807, 2.05) is 28.9 Å². The molecule has 1 aliphatic rings. The van der Waals surface area contributed by atoms with E-state index in [0.29, 0.717) is 5.69 Å². The molecule has 6 nitrogen and oxygen atoms in total. The van der Waals surface area contributed by atoms with Crippen LogP contribution >= 0.6 is 11.8 Å². The molecular formula is C23H27N5OS. The largest absolute Gasteiger partial charge is 0.328 e. The van der Waals surface area contributed by atoms with Crippen molar-refractivity contribution in [2.24, 2.45) is 5.73 Å². The molecule has 2 aromatic carbocycles. The number of anilines is 1. The summed E-state index contributed by atoms with van der Waals surface area (Å²) in [6.07, 6.45) is 5.67. The van der Waals surface area contributed by atoms with Gasteiger partial charge in [0.1, 0.15) is 0 Å². The Labute approximate surface area is 181 Å². The van der Waals surface area contributed by atoms with Crippen LogP contribution in [0.5, 0.6) is 0 Å². The van der Waals surface area contributed by atoms with Gasteiger partial charge in [-0.1, -0.05) is 47.2 Å². The molecule has 7 heteroatoms. The van der Waals surface area contributed by atoms with Gasteiger partial charge in [-0.05, 0) is 50.3 Å². The Balaban J connectivity index is 1.40. The van der Waals surface area contributed by atoms with Gasteiger partial charge in [-0.15, -0.1) is 16.9 Å². The minimum atomic E-state index is -0.239. The fourth-order valence-corrected chi connectivity index (χ4v) is 4.62. The molecule has 1 heterocycles. The summed E-state index contributed by atoms with van der Waals surface area (Å²) in [4.78, 5) is 13.8. The predicted molar refractivity (Wildman–Crippen MR) is 121 cm³/mol. The third kappa shape index (κ3) is 5.09. The highest BCUT2D eigenvalue weighted by atomic mass is 32.2. The normalized spacial score (nSPS) is 18.9. The maximum absolute atomic E-state index is 12.8. The Morgan fingerprint density at radius 2 is 1.87 bits per heavy atom. The lowest BCUT2D eigenvalue weighted by atomic mass is 9.92. The van der Waals surface area contributed by atoms with E-state index in [0.717, 1.165) is 42.0 Å². The first-order valence-corrected chi connectivity index (χ1v) is 11.3. The van der Waals surface area contributed by atoms with Gasteiger partial charge in [0.2, 0.25) is 0 Å². The molecule has 4 rings (SSSR count). The summed E-state index contributed by atoms with van der Waals surface area (Å²) in [5, 5.41) is 11.3. The second-order valence-electron chi connectivity index (χ2n) is 7.88. The number of nitrogens with zero attached hydrogens (tertiary/aromatic N) is 3. The van der Waals surface area contributed by atoms with Crippen LogP contribution in [0.15, 0.2) is 59.6 Å². The van der Waals surface area contributed by atoms with Crippen LogP contribution in [0.25, 0.3) is 0 Å². The number of hydrogen-bond acceptors (Lipinski definition) is 5. The summed E-state index contributed by atoms with van der Waals surface area (Å²) >= 11 is 1.70. The maximum Gasteiger partial charge on any atom is 0.277 e. The number of thioether (sulfide) groups is 1. The van der Waals surface area contributed by atoms with Crippen molar-refractivity contribution >= 4 is 23.4 Å². The van der Waals surface area contributed by atoms with Crippen LogP contribution in [0.2, 0.25) is 0 Å². The lowest BCUT2D eigenvalue weighted by molar-refractivity contribution is 0.102. The number of carbonyl (C=O) groups excluding carboxylic acids is 1. The van der Waals surface area contributed by atoms with Crippen LogP contribution in [-0.2, 0) is 5.75 Å². The van der Waals surface area contributed by atoms with E-state index in [9.17, 15) is 4.79 Å². The van der Waals surface area contributed by atoms with E-state index in [4.69, 9.17) is 5.73 Å². The topological polar surface area (TPSA) is 85.8 Å². The highest BCUT2D eigenvalue weighted by Gasteiger charge is 2.22. The van der Waals surface area contributed by atoms with Gasteiger partial charge >= 0.3 is 0 Å². The molecule has 1 fully saturated rings. The number of carbonyl (C=O) groups is 1. The van der Waals surface area contributed by atoms with E-state index < -0.39 is 0 Å². The molecule has 3 N–H and O–H groups in total. The molecular weight excluding hydrogens is 394 g/mol. The number of aryl methyl sites for hydroxylation is 1. The van der Waals surface area contributed by atoms with Crippen LogP contribution < -0.4 is 11.1 Å². The Bertz CT molecular complexity index is 993. The molecule has 1 aliphatic carbocycles. The quantitative estimate of drug-likeness (QED) is 0.569. The molecule has 30 heavy (non-hydrogen) atoms. The van der Waals surface area contributed by atoms with Gasteiger partial charge in [-0.3, -0.25) is 4.79 Å². The Morgan fingerprint density at radius 3 is 2.63 bits per heavy atom. The average molecular weight is 422 g/mol. The van der Waals surface area contributed by atoms with Crippen molar-refractivity contribution in [1.82, 2.24) is 15.0 Å². The summed E-state index contributed by atoms with van der Waals surface area (Å²) in [5.74, 6) is 0.602. The first kappa shape index (κ1) is 20.6. The molecule has 1 saturated carbocycles. The van der Waals surface area contributed by atoms with E-state index in [1.165, 1.54) is 11.1 Å². The maximum atomic E-state index is 12.8. The molecule has 0 atom stereocenters. The van der Waals surface area contributed by atoms with Crippen molar-refractivity contribution < 1.29 is 4.79 Å². The monoisotopic (exact) mass is 421 g/mol. The van der Waals surface area contributed by atoms with Crippen LogP contribution in [0.4, 0.5) is 5.69 Å². The lowest BCUT2D eigenvalue weighted by Crippen LogP contribution is -2.28. The minimum Gasteiger partial charge on any atom is -0.328 e. The zero-order chi connectivity index (χ0) is 20.9. The predicted octanol–water partition coefficient (Wildman–Crippen LogP) is 4.57. The second kappa shape index (κ2) is 9.45. The third-order valence-electron chi connectivity index (χ3n) is 5.51. The molecule has 1 amide bonds. The Morgan fingerprint density at radius 1 is 1.13 bits per heavy atom. The summed E-state index contributed by atoms with van der Waals surface area (Å²) in [7, 11) is 0. The highest BCUT2D eigenvalue weighted by Crippen LogP contribution is 2.30. The minimum absolute atomic E-state index is 0.239.